The van der Waals surface area contributed by atoms with Crippen LogP contribution in [-0.4, -0.2) is 36.0 Å². The van der Waals surface area contributed by atoms with Gasteiger partial charge >= 0.3 is 0 Å². The molecular weight excluding hydrogens is 208 g/mol. The Morgan fingerprint density at radius 2 is 2.20 bits per heavy atom. The zero-order valence-electron chi connectivity index (χ0n) is 9.34. The molecular formula is C11H20N2OS. The van der Waals surface area contributed by atoms with Crippen molar-refractivity contribution < 1.29 is 4.79 Å². The third kappa shape index (κ3) is 2.88. The quantitative estimate of drug-likeness (QED) is 0.741. The summed E-state index contributed by atoms with van der Waals surface area (Å²) in [5, 5.41) is 6.57. The molecule has 2 N–H and O–H groups in total. The fraction of sp³-hybridized carbons (Fsp3) is 0.909. The van der Waals surface area contributed by atoms with Crippen molar-refractivity contribution in [2.24, 2.45) is 5.92 Å². The summed E-state index contributed by atoms with van der Waals surface area (Å²) in [5.41, 5.74) is 0.0373. The summed E-state index contributed by atoms with van der Waals surface area (Å²) in [4.78, 5) is 12.0. The average molecular weight is 228 g/mol. The summed E-state index contributed by atoms with van der Waals surface area (Å²) < 4.78 is 0. The summed E-state index contributed by atoms with van der Waals surface area (Å²) >= 11 is 1.90. The first-order valence-electron chi connectivity index (χ1n) is 5.80. The Morgan fingerprint density at radius 3 is 2.80 bits per heavy atom. The average Bonchev–Trinajstić information content (AvgIpc) is 2.70. The lowest BCUT2D eigenvalue weighted by molar-refractivity contribution is -0.126. The maximum Gasteiger partial charge on any atom is 0.224 e. The number of nitrogens with one attached hydrogen (secondary N) is 2. The van der Waals surface area contributed by atoms with Gasteiger partial charge in [0.25, 0.3) is 0 Å². The third-order valence-corrected chi connectivity index (χ3v) is 4.60. The zero-order valence-corrected chi connectivity index (χ0v) is 10.2. The molecule has 0 aromatic heterocycles. The lowest BCUT2D eigenvalue weighted by Crippen LogP contribution is -2.53. The summed E-state index contributed by atoms with van der Waals surface area (Å²) in [7, 11) is 0. The van der Waals surface area contributed by atoms with Crippen LogP contribution in [0.5, 0.6) is 0 Å². The number of carbonyl (C=O) groups is 1. The van der Waals surface area contributed by atoms with Gasteiger partial charge in [-0.1, -0.05) is 0 Å². The topological polar surface area (TPSA) is 41.1 Å². The molecule has 2 rings (SSSR count). The first-order chi connectivity index (χ1) is 7.20. The molecule has 2 heterocycles. The first kappa shape index (κ1) is 11.3. The Hall–Kier alpha value is -0.220. The van der Waals surface area contributed by atoms with Crippen LogP contribution >= 0.6 is 11.8 Å². The smallest absolute Gasteiger partial charge is 0.224 e. The van der Waals surface area contributed by atoms with Crippen molar-refractivity contribution in [3.63, 3.8) is 0 Å². The molecule has 86 valence electrons. The van der Waals surface area contributed by atoms with Crippen LogP contribution < -0.4 is 10.6 Å². The largest absolute Gasteiger partial charge is 0.351 e. The maximum atomic E-state index is 12.0. The Balaban J connectivity index is 1.86. The van der Waals surface area contributed by atoms with Gasteiger partial charge in [0, 0.05) is 17.2 Å². The molecule has 0 aromatic carbocycles. The first-order valence-corrected chi connectivity index (χ1v) is 6.96. The van der Waals surface area contributed by atoms with Crippen molar-refractivity contribution >= 4 is 17.7 Å². The molecule has 2 aliphatic rings. The number of amides is 1. The molecule has 0 spiro atoms. The van der Waals surface area contributed by atoms with Gasteiger partial charge in [-0.3, -0.25) is 4.79 Å². The van der Waals surface area contributed by atoms with E-state index in [1.165, 1.54) is 0 Å². The molecule has 2 fully saturated rings. The second kappa shape index (κ2) is 4.74. The van der Waals surface area contributed by atoms with Crippen LogP contribution in [0, 0.1) is 5.92 Å². The van der Waals surface area contributed by atoms with Gasteiger partial charge in [-0.2, -0.15) is 11.8 Å². The maximum absolute atomic E-state index is 12.0. The molecule has 2 saturated heterocycles. The van der Waals surface area contributed by atoms with E-state index in [-0.39, 0.29) is 17.4 Å². The third-order valence-electron chi connectivity index (χ3n) is 3.43. The second-order valence-corrected chi connectivity index (χ2v) is 6.01. The van der Waals surface area contributed by atoms with Gasteiger partial charge in [-0.25, -0.2) is 0 Å². The van der Waals surface area contributed by atoms with Crippen molar-refractivity contribution in [2.75, 3.05) is 24.6 Å². The van der Waals surface area contributed by atoms with Gasteiger partial charge in [-0.15, -0.1) is 0 Å². The monoisotopic (exact) mass is 228 g/mol. The van der Waals surface area contributed by atoms with E-state index in [0.717, 1.165) is 43.9 Å². The van der Waals surface area contributed by atoms with E-state index < -0.39 is 0 Å². The van der Waals surface area contributed by atoms with E-state index in [1.54, 1.807) is 0 Å². The summed E-state index contributed by atoms with van der Waals surface area (Å²) in [5.74, 6) is 2.71. The van der Waals surface area contributed by atoms with Crippen LogP contribution in [-0.2, 0) is 4.79 Å². The standard InChI is InChI=1S/C11H20N2OS/c1-11(3-5-12-6-4-11)13-10(14)9-2-7-15-8-9/h9,12H,2-8H2,1H3,(H,13,14). The molecule has 1 unspecified atom stereocenters. The zero-order chi connectivity index (χ0) is 10.7. The van der Waals surface area contributed by atoms with Crippen molar-refractivity contribution in [3.8, 4) is 0 Å². The molecule has 3 nitrogen and oxygen atoms in total. The lowest BCUT2D eigenvalue weighted by Gasteiger charge is -2.35. The van der Waals surface area contributed by atoms with E-state index in [1.807, 2.05) is 11.8 Å². The fourth-order valence-corrected chi connectivity index (χ4v) is 3.46. The van der Waals surface area contributed by atoms with Gasteiger partial charge < -0.3 is 10.6 Å². The van der Waals surface area contributed by atoms with Gasteiger partial charge in [0.15, 0.2) is 0 Å². The molecule has 2 aliphatic heterocycles. The molecule has 1 atom stereocenters. The SMILES string of the molecule is CC1(NC(=O)C2CCSC2)CCNCC1. The van der Waals surface area contributed by atoms with Gasteiger partial charge in [0.1, 0.15) is 0 Å². The van der Waals surface area contributed by atoms with Crippen molar-refractivity contribution in [3.05, 3.63) is 0 Å². The molecule has 0 aliphatic carbocycles. The number of hydrogen-bond donors (Lipinski definition) is 2. The minimum atomic E-state index is 0.0373. The summed E-state index contributed by atoms with van der Waals surface area (Å²) in [6.45, 7) is 4.22. The summed E-state index contributed by atoms with van der Waals surface area (Å²) in [6, 6.07) is 0. The highest BCUT2D eigenvalue weighted by atomic mass is 32.2. The van der Waals surface area contributed by atoms with E-state index >= 15 is 0 Å². The van der Waals surface area contributed by atoms with Crippen LogP contribution in [0.25, 0.3) is 0 Å². The molecule has 1 amide bonds. The number of hydrogen-bond acceptors (Lipinski definition) is 3. The second-order valence-electron chi connectivity index (χ2n) is 4.86. The molecule has 0 saturated carbocycles. The molecule has 0 radical (unpaired) electrons. The molecule has 0 aromatic rings. The Labute approximate surface area is 95.8 Å². The van der Waals surface area contributed by atoms with E-state index in [0.29, 0.717) is 0 Å². The highest BCUT2D eigenvalue weighted by molar-refractivity contribution is 7.99. The van der Waals surface area contributed by atoms with Gasteiger partial charge in [-0.05, 0) is 45.0 Å². The number of carbonyl (C=O) groups excluding carboxylic acids is 1. The van der Waals surface area contributed by atoms with E-state index in [4.69, 9.17) is 0 Å². The highest BCUT2D eigenvalue weighted by Crippen LogP contribution is 2.25. The highest BCUT2D eigenvalue weighted by Gasteiger charge is 2.32. The van der Waals surface area contributed by atoms with Crippen LogP contribution in [0.4, 0.5) is 0 Å². The Kier molecular flexibility index (Phi) is 3.57. The number of piperidine rings is 1. The van der Waals surface area contributed by atoms with Gasteiger partial charge in [0.05, 0.1) is 0 Å². The Morgan fingerprint density at radius 1 is 1.47 bits per heavy atom. The predicted molar refractivity (Wildman–Crippen MR) is 64.1 cm³/mol. The number of thioether (sulfide) groups is 1. The summed E-state index contributed by atoms with van der Waals surface area (Å²) in [6.07, 6.45) is 3.17. The number of rotatable bonds is 2. The minimum Gasteiger partial charge on any atom is -0.351 e. The van der Waals surface area contributed by atoms with Crippen molar-refractivity contribution in [2.45, 2.75) is 31.7 Å². The molecule has 0 bridgehead atoms. The van der Waals surface area contributed by atoms with E-state index in [9.17, 15) is 4.79 Å². The normalized spacial score (nSPS) is 30.1. The van der Waals surface area contributed by atoms with Gasteiger partial charge in [0.2, 0.25) is 5.91 Å². The van der Waals surface area contributed by atoms with Crippen molar-refractivity contribution in [1.29, 1.82) is 0 Å². The van der Waals surface area contributed by atoms with Crippen LogP contribution in [0.2, 0.25) is 0 Å². The predicted octanol–water partition coefficient (Wildman–Crippen LogP) is 0.998. The Bertz CT molecular complexity index is 233. The molecule has 4 heteroatoms. The lowest BCUT2D eigenvalue weighted by atomic mass is 9.90. The van der Waals surface area contributed by atoms with Crippen LogP contribution in [0.3, 0.4) is 0 Å². The van der Waals surface area contributed by atoms with E-state index in [2.05, 4.69) is 17.6 Å². The van der Waals surface area contributed by atoms with Crippen LogP contribution in [0.1, 0.15) is 26.2 Å². The van der Waals surface area contributed by atoms with Crippen molar-refractivity contribution in [1.82, 2.24) is 10.6 Å². The molecule has 15 heavy (non-hydrogen) atoms. The van der Waals surface area contributed by atoms with Crippen LogP contribution in [0.15, 0.2) is 0 Å². The minimum absolute atomic E-state index is 0.0373. The fourth-order valence-electron chi connectivity index (χ4n) is 2.24.